The van der Waals surface area contributed by atoms with E-state index < -0.39 is 10.0 Å². The number of nitrogens with zero attached hydrogens (tertiary/aromatic N) is 1. The minimum absolute atomic E-state index is 0.180. The number of piperazine rings is 1. The van der Waals surface area contributed by atoms with Crippen molar-refractivity contribution in [1.29, 1.82) is 0 Å². The Hall–Kier alpha value is -2.71. The molecule has 2 aromatic carbocycles. The fourth-order valence-corrected chi connectivity index (χ4v) is 4.27. The first-order valence-electron chi connectivity index (χ1n) is 8.71. The number of nitrogens with one attached hydrogen (secondary N) is 2. The molecule has 1 aromatic heterocycles. The molecule has 7 nitrogen and oxygen atoms in total. The Morgan fingerprint density at radius 1 is 1.11 bits per heavy atom. The van der Waals surface area contributed by atoms with E-state index in [1.807, 2.05) is 12.1 Å². The van der Waals surface area contributed by atoms with Crippen molar-refractivity contribution in [3.8, 4) is 5.75 Å². The SMILES string of the molecule is COc1ccc(S(=O)(=O)Nc2cc(N3CCNCC3)c3occc3c2)cc1. The van der Waals surface area contributed by atoms with Crippen molar-refractivity contribution in [2.45, 2.75) is 4.90 Å². The number of rotatable bonds is 5. The lowest BCUT2D eigenvalue weighted by Crippen LogP contribution is -2.43. The number of sulfonamides is 1. The Labute approximate surface area is 158 Å². The van der Waals surface area contributed by atoms with Gasteiger partial charge in [-0.3, -0.25) is 4.72 Å². The highest BCUT2D eigenvalue weighted by molar-refractivity contribution is 7.92. The first kappa shape index (κ1) is 17.7. The second kappa shape index (κ2) is 7.13. The summed E-state index contributed by atoms with van der Waals surface area (Å²) in [5.74, 6) is 0.606. The lowest BCUT2D eigenvalue weighted by atomic mass is 10.2. The van der Waals surface area contributed by atoms with Gasteiger partial charge in [-0.25, -0.2) is 8.42 Å². The smallest absolute Gasteiger partial charge is 0.261 e. The third kappa shape index (κ3) is 3.58. The van der Waals surface area contributed by atoms with Crippen LogP contribution in [0.15, 0.2) is 58.0 Å². The third-order valence-corrected chi connectivity index (χ3v) is 6.01. The Morgan fingerprint density at radius 2 is 1.85 bits per heavy atom. The molecule has 2 N–H and O–H groups in total. The van der Waals surface area contributed by atoms with Crippen LogP contribution < -0.4 is 19.7 Å². The summed E-state index contributed by atoms with van der Waals surface area (Å²) in [6.45, 7) is 3.43. The maximum Gasteiger partial charge on any atom is 0.261 e. The van der Waals surface area contributed by atoms with E-state index in [9.17, 15) is 8.42 Å². The van der Waals surface area contributed by atoms with Crippen LogP contribution in [0.25, 0.3) is 11.0 Å². The van der Waals surface area contributed by atoms with E-state index in [1.165, 1.54) is 12.1 Å². The molecule has 0 bridgehead atoms. The highest BCUT2D eigenvalue weighted by Crippen LogP contribution is 2.33. The van der Waals surface area contributed by atoms with Crippen molar-refractivity contribution >= 4 is 32.4 Å². The van der Waals surface area contributed by atoms with E-state index in [0.717, 1.165) is 42.8 Å². The maximum absolute atomic E-state index is 12.8. The summed E-state index contributed by atoms with van der Waals surface area (Å²) in [4.78, 5) is 2.38. The fourth-order valence-electron chi connectivity index (χ4n) is 3.23. The number of ether oxygens (including phenoxy) is 1. The van der Waals surface area contributed by atoms with Gasteiger partial charge in [0.15, 0.2) is 5.58 Å². The Morgan fingerprint density at radius 3 is 2.56 bits per heavy atom. The van der Waals surface area contributed by atoms with E-state index in [4.69, 9.17) is 9.15 Å². The second-order valence-electron chi connectivity index (χ2n) is 6.35. The summed E-state index contributed by atoms with van der Waals surface area (Å²) >= 11 is 0. The van der Waals surface area contributed by atoms with Crippen molar-refractivity contribution in [1.82, 2.24) is 5.32 Å². The first-order chi connectivity index (χ1) is 13.1. The fraction of sp³-hybridized carbons (Fsp3) is 0.263. The zero-order valence-corrected chi connectivity index (χ0v) is 15.8. The van der Waals surface area contributed by atoms with Crippen LogP contribution in [0.4, 0.5) is 11.4 Å². The van der Waals surface area contributed by atoms with E-state index in [0.29, 0.717) is 11.4 Å². The zero-order valence-electron chi connectivity index (χ0n) is 14.9. The number of furan rings is 1. The summed E-state index contributed by atoms with van der Waals surface area (Å²) in [5.41, 5.74) is 2.17. The molecular weight excluding hydrogens is 366 g/mol. The summed E-state index contributed by atoms with van der Waals surface area (Å²) in [6.07, 6.45) is 1.62. The number of fused-ring (bicyclic) bond motifs is 1. The van der Waals surface area contributed by atoms with Crippen molar-refractivity contribution in [2.75, 3.05) is 42.9 Å². The number of anilines is 2. The van der Waals surface area contributed by atoms with Crippen molar-refractivity contribution in [3.05, 3.63) is 48.7 Å². The zero-order chi connectivity index (χ0) is 18.9. The lowest BCUT2D eigenvalue weighted by Gasteiger charge is -2.29. The normalized spacial score (nSPS) is 15.1. The minimum atomic E-state index is -3.70. The van der Waals surface area contributed by atoms with E-state index >= 15 is 0 Å². The van der Waals surface area contributed by atoms with Gasteiger partial charge in [0.05, 0.1) is 29.6 Å². The molecule has 27 heavy (non-hydrogen) atoms. The summed E-state index contributed by atoms with van der Waals surface area (Å²) in [7, 11) is -2.16. The molecule has 0 spiro atoms. The Bertz CT molecular complexity index is 1040. The molecule has 0 unspecified atom stereocenters. The predicted molar refractivity (Wildman–Crippen MR) is 105 cm³/mol. The van der Waals surface area contributed by atoms with Crippen molar-refractivity contribution < 1.29 is 17.6 Å². The molecule has 1 saturated heterocycles. The molecule has 0 saturated carbocycles. The van der Waals surface area contributed by atoms with Gasteiger partial charge >= 0.3 is 0 Å². The van der Waals surface area contributed by atoms with Crippen LogP contribution in [0, 0.1) is 0 Å². The molecule has 0 atom stereocenters. The monoisotopic (exact) mass is 387 g/mol. The van der Waals surface area contributed by atoms with Crippen LogP contribution in [0.2, 0.25) is 0 Å². The van der Waals surface area contributed by atoms with Gasteiger partial charge in [0.25, 0.3) is 10.0 Å². The highest BCUT2D eigenvalue weighted by Gasteiger charge is 2.19. The molecule has 0 amide bonds. The lowest BCUT2D eigenvalue weighted by molar-refractivity contribution is 0.414. The van der Waals surface area contributed by atoms with Gasteiger partial charge in [0.2, 0.25) is 0 Å². The number of methoxy groups -OCH3 is 1. The van der Waals surface area contributed by atoms with Gasteiger partial charge in [0, 0.05) is 31.6 Å². The summed E-state index contributed by atoms with van der Waals surface area (Å²) in [5, 5.41) is 4.18. The van der Waals surface area contributed by atoms with Crippen LogP contribution in [-0.2, 0) is 10.0 Å². The molecule has 1 aliphatic heterocycles. The standard InChI is InChI=1S/C19H21N3O4S/c1-25-16-2-4-17(5-3-16)27(23,24)21-15-12-14-6-11-26-19(14)18(13-15)22-9-7-20-8-10-22/h2-6,11-13,20-21H,7-10H2,1H3. The van der Waals surface area contributed by atoms with Crippen LogP contribution >= 0.6 is 0 Å². The van der Waals surface area contributed by atoms with Crippen LogP contribution in [-0.4, -0.2) is 41.7 Å². The molecule has 8 heteroatoms. The number of hydrogen-bond acceptors (Lipinski definition) is 6. The second-order valence-corrected chi connectivity index (χ2v) is 8.03. The molecule has 2 heterocycles. The molecule has 4 rings (SSSR count). The molecule has 1 fully saturated rings. The third-order valence-electron chi connectivity index (χ3n) is 4.61. The first-order valence-corrected chi connectivity index (χ1v) is 10.2. The number of hydrogen-bond donors (Lipinski definition) is 2. The van der Waals surface area contributed by atoms with E-state index in [-0.39, 0.29) is 4.90 Å². The van der Waals surface area contributed by atoms with E-state index in [1.54, 1.807) is 31.6 Å². The van der Waals surface area contributed by atoms with Gasteiger partial charge in [-0.2, -0.15) is 0 Å². The highest BCUT2D eigenvalue weighted by atomic mass is 32.2. The maximum atomic E-state index is 12.8. The number of benzene rings is 2. The predicted octanol–water partition coefficient (Wildman–Crippen LogP) is 2.65. The van der Waals surface area contributed by atoms with Crippen LogP contribution in [0.3, 0.4) is 0 Å². The van der Waals surface area contributed by atoms with Gasteiger partial charge < -0.3 is 19.4 Å². The summed E-state index contributed by atoms with van der Waals surface area (Å²) in [6, 6.07) is 11.7. The topological polar surface area (TPSA) is 83.8 Å². The van der Waals surface area contributed by atoms with Crippen molar-refractivity contribution in [3.63, 3.8) is 0 Å². The average Bonchev–Trinajstić information content (AvgIpc) is 3.16. The molecule has 0 radical (unpaired) electrons. The quantitative estimate of drug-likeness (QED) is 0.700. The Balaban J connectivity index is 1.68. The average molecular weight is 387 g/mol. The van der Waals surface area contributed by atoms with Crippen molar-refractivity contribution in [2.24, 2.45) is 0 Å². The van der Waals surface area contributed by atoms with Gasteiger partial charge in [-0.05, 0) is 42.5 Å². The molecule has 3 aromatic rings. The van der Waals surface area contributed by atoms with Crippen LogP contribution in [0.5, 0.6) is 5.75 Å². The van der Waals surface area contributed by atoms with Gasteiger partial charge in [0.1, 0.15) is 5.75 Å². The van der Waals surface area contributed by atoms with E-state index in [2.05, 4.69) is 14.9 Å². The van der Waals surface area contributed by atoms with Gasteiger partial charge in [-0.15, -0.1) is 0 Å². The molecular formula is C19H21N3O4S. The minimum Gasteiger partial charge on any atom is -0.497 e. The van der Waals surface area contributed by atoms with Crippen LogP contribution in [0.1, 0.15) is 0 Å². The van der Waals surface area contributed by atoms with Gasteiger partial charge in [-0.1, -0.05) is 0 Å². The molecule has 0 aliphatic carbocycles. The summed E-state index contributed by atoms with van der Waals surface area (Å²) < 4.78 is 38.9. The molecule has 1 aliphatic rings. The Kier molecular flexibility index (Phi) is 4.67. The largest absolute Gasteiger partial charge is 0.497 e. The molecule has 142 valence electrons.